The molecule has 3 rings (SSSR count). The third-order valence-corrected chi connectivity index (χ3v) is 5.73. The van der Waals surface area contributed by atoms with Gasteiger partial charge in [0.1, 0.15) is 12.7 Å². The van der Waals surface area contributed by atoms with Gasteiger partial charge in [0.2, 0.25) is 0 Å². The molecule has 2 heterocycles. The summed E-state index contributed by atoms with van der Waals surface area (Å²) in [5, 5.41) is 23.3. The van der Waals surface area contributed by atoms with Gasteiger partial charge in [-0.1, -0.05) is 0 Å². The van der Waals surface area contributed by atoms with Crippen LogP contribution in [0.4, 0.5) is 15.3 Å². The molecule has 12 heteroatoms. The summed E-state index contributed by atoms with van der Waals surface area (Å²) in [6, 6.07) is 5.64. The van der Waals surface area contributed by atoms with Crippen LogP contribution in [0.3, 0.4) is 0 Å². The number of rotatable bonds is 7. The Morgan fingerprint density at radius 1 is 1.00 bits per heavy atom. The first-order valence-electron chi connectivity index (χ1n) is 11.0. The predicted octanol–water partition coefficient (Wildman–Crippen LogP) is 0.932. The quantitative estimate of drug-likeness (QED) is 0.452. The van der Waals surface area contributed by atoms with E-state index in [1.54, 1.807) is 4.90 Å². The molecule has 1 aromatic rings. The van der Waals surface area contributed by atoms with E-state index in [9.17, 15) is 29.6 Å². The number of likely N-dealkylation sites (tertiary alicyclic amines) is 1. The minimum absolute atomic E-state index is 0.0107. The number of aliphatic hydroxyl groups is 1. The van der Waals surface area contributed by atoms with Crippen molar-refractivity contribution >= 4 is 23.7 Å². The van der Waals surface area contributed by atoms with Crippen molar-refractivity contribution in [3.8, 4) is 0 Å². The Kier molecular flexibility index (Phi) is 8.41. The van der Waals surface area contributed by atoms with Crippen molar-refractivity contribution in [2.75, 3.05) is 45.8 Å². The molecule has 180 valence electrons. The number of carbonyl (C=O) groups excluding carboxylic acids is 3. The largest absolute Gasteiger partial charge is 0.445 e. The first kappa shape index (κ1) is 24.2. The zero-order chi connectivity index (χ0) is 23.8. The number of nitrogens with one attached hydrogen (secondary N) is 1. The molecule has 2 aliphatic heterocycles. The van der Waals surface area contributed by atoms with Crippen LogP contribution in [0.5, 0.6) is 0 Å². The van der Waals surface area contributed by atoms with E-state index in [0.717, 1.165) is 25.9 Å². The highest BCUT2D eigenvalue weighted by Crippen LogP contribution is 2.14. The number of hydrogen-bond acceptors (Lipinski definition) is 7. The van der Waals surface area contributed by atoms with Crippen molar-refractivity contribution in [2.24, 2.45) is 0 Å². The van der Waals surface area contributed by atoms with Crippen LogP contribution in [0.25, 0.3) is 0 Å². The van der Waals surface area contributed by atoms with E-state index < -0.39 is 23.0 Å². The molecule has 0 radical (unpaired) electrons. The van der Waals surface area contributed by atoms with Gasteiger partial charge < -0.3 is 29.9 Å². The Hall–Kier alpha value is -3.41. The molecule has 1 atom stereocenters. The molecule has 2 N–H and O–H groups in total. The molecule has 12 nitrogen and oxygen atoms in total. The number of benzene rings is 1. The van der Waals surface area contributed by atoms with E-state index in [4.69, 9.17) is 4.74 Å². The Labute approximate surface area is 191 Å². The Morgan fingerprint density at radius 3 is 2.18 bits per heavy atom. The third kappa shape index (κ3) is 6.78. The SMILES string of the molecule is O=C(NCC[C@H](O)C(=O)N1CCN(C(=O)N2CCCC2)CC1)OCc1ccc([N+](=O)[O-])cc1. The predicted molar refractivity (Wildman–Crippen MR) is 116 cm³/mol. The van der Waals surface area contributed by atoms with E-state index in [2.05, 4.69) is 5.32 Å². The molecule has 4 amide bonds. The molecule has 0 bridgehead atoms. The van der Waals surface area contributed by atoms with Gasteiger partial charge in [-0.25, -0.2) is 9.59 Å². The maximum absolute atomic E-state index is 12.5. The van der Waals surface area contributed by atoms with Crippen molar-refractivity contribution in [3.05, 3.63) is 39.9 Å². The van der Waals surface area contributed by atoms with Crippen LogP contribution in [-0.2, 0) is 16.1 Å². The van der Waals surface area contributed by atoms with Crippen molar-refractivity contribution in [2.45, 2.75) is 32.0 Å². The standard InChI is InChI=1S/C21H29N5O7/c27-18(7-8-22-20(29)33-15-16-3-5-17(6-4-16)26(31)32)19(28)23-11-13-25(14-12-23)21(30)24-9-1-2-10-24/h3-6,18,27H,1-2,7-15H2,(H,22,29)/t18-/m0/s1. The van der Waals surface area contributed by atoms with E-state index in [1.807, 2.05) is 4.90 Å². The van der Waals surface area contributed by atoms with Crippen molar-refractivity contribution in [1.29, 1.82) is 0 Å². The van der Waals surface area contributed by atoms with Gasteiger partial charge in [0, 0.05) is 57.9 Å². The third-order valence-electron chi connectivity index (χ3n) is 5.73. The minimum atomic E-state index is -1.26. The van der Waals surface area contributed by atoms with E-state index in [1.165, 1.54) is 29.2 Å². The highest BCUT2D eigenvalue weighted by molar-refractivity contribution is 5.81. The van der Waals surface area contributed by atoms with E-state index in [-0.39, 0.29) is 31.3 Å². The summed E-state index contributed by atoms with van der Waals surface area (Å²) in [4.78, 5) is 51.9. The molecule has 2 fully saturated rings. The van der Waals surface area contributed by atoms with Gasteiger partial charge in [0.25, 0.3) is 11.6 Å². The van der Waals surface area contributed by atoms with Crippen molar-refractivity contribution in [1.82, 2.24) is 20.0 Å². The second kappa shape index (κ2) is 11.5. The van der Waals surface area contributed by atoms with Crippen LogP contribution in [0, 0.1) is 10.1 Å². The maximum atomic E-state index is 12.5. The monoisotopic (exact) mass is 463 g/mol. The van der Waals surface area contributed by atoms with Gasteiger partial charge in [-0.15, -0.1) is 0 Å². The number of piperazine rings is 1. The lowest BCUT2D eigenvalue weighted by atomic mass is 10.2. The van der Waals surface area contributed by atoms with Gasteiger partial charge in [-0.2, -0.15) is 0 Å². The lowest BCUT2D eigenvalue weighted by Gasteiger charge is -2.37. The zero-order valence-corrected chi connectivity index (χ0v) is 18.4. The topological polar surface area (TPSA) is 146 Å². The second-order valence-electron chi connectivity index (χ2n) is 8.02. The summed E-state index contributed by atoms with van der Waals surface area (Å²) in [5.41, 5.74) is 0.537. The Morgan fingerprint density at radius 2 is 1.58 bits per heavy atom. The number of aliphatic hydroxyl groups excluding tert-OH is 1. The van der Waals surface area contributed by atoms with Gasteiger partial charge >= 0.3 is 12.1 Å². The van der Waals surface area contributed by atoms with Crippen LogP contribution in [-0.4, -0.2) is 94.7 Å². The minimum Gasteiger partial charge on any atom is -0.445 e. The fraction of sp³-hybridized carbons (Fsp3) is 0.571. The molecular formula is C21H29N5O7. The Balaban J connectivity index is 1.31. The normalized spacial score (nSPS) is 16.9. The van der Waals surface area contributed by atoms with Gasteiger partial charge in [0.05, 0.1) is 4.92 Å². The summed E-state index contributed by atoms with van der Waals surface area (Å²) in [6.07, 6.45) is 0.0883. The van der Waals surface area contributed by atoms with E-state index in [0.29, 0.717) is 31.7 Å². The molecule has 0 spiro atoms. The van der Waals surface area contributed by atoms with Crippen LogP contribution in [0.15, 0.2) is 24.3 Å². The number of non-ortho nitro benzene ring substituents is 1. The molecule has 0 aromatic heterocycles. The molecule has 0 unspecified atom stereocenters. The van der Waals surface area contributed by atoms with Gasteiger partial charge in [-0.3, -0.25) is 14.9 Å². The lowest BCUT2D eigenvalue weighted by Crippen LogP contribution is -2.55. The molecular weight excluding hydrogens is 434 g/mol. The van der Waals surface area contributed by atoms with Crippen LogP contribution in [0.2, 0.25) is 0 Å². The number of urea groups is 1. The molecule has 0 saturated carbocycles. The number of ether oxygens (including phenoxy) is 1. The first-order chi connectivity index (χ1) is 15.8. The summed E-state index contributed by atoms with van der Waals surface area (Å²) in [7, 11) is 0. The van der Waals surface area contributed by atoms with Crippen LogP contribution >= 0.6 is 0 Å². The number of nitro groups is 1. The fourth-order valence-corrected chi connectivity index (χ4v) is 3.79. The van der Waals surface area contributed by atoms with Gasteiger partial charge in [0.15, 0.2) is 0 Å². The highest BCUT2D eigenvalue weighted by atomic mass is 16.6. The average Bonchev–Trinajstić information content (AvgIpc) is 3.37. The average molecular weight is 463 g/mol. The smallest absolute Gasteiger partial charge is 0.407 e. The summed E-state index contributed by atoms with van der Waals surface area (Å²) in [5.74, 6) is -0.427. The molecule has 1 aromatic carbocycles. The fourth-order valence-electron chi connectivity index (χ4n) is 3.79. The number of hydrogen-bond donors (Lipinski definition) is 2. The number of nitro benzene ring substituents is 1. The summed E-state index contributed by atoms with van der Waals surface area (Å²) < 4.78 is 5.03. The van der Waals surface area contributed by atoms with Crippen molar-refractivity contribution in [3.63, 3.8) is 0 Å². The zero-order valence-electron chi connectivity index (χ0n) is 18.4. The van der Waals surface area contributed by atoms with Crippen LogP contribution < -0.4 is 5.32 Å². The molecule has 0 aliphatic carbocycles. The van der Waals surface area contributed by atoms with E-state index >= 15 is 0 Å². The number of carbonyl (C=O) groups is 3. The molecule has 2 aliphatic rings. The van der Waals surface area contributed by atoms with Crippen molar-refractivity contribution < 1.29 is 29.2 Å². The second-order valence-corrected chi connectivity index (χ2v) is 8.02. The van der Waals surface area contributed by atoms with Crippen LogP contribution in [0.1, 0.15) is 24.8 Å². The highest BCUT2D eigenvalue weighted by Gasteiger charge is 2.30. The molecule has 2 saturated heterocycles. The molecule has 33 heavy (non-hydrogen) atoms. The first-order valence-corrected chi connectivity index (χ1v) is 11.0. The van der Waals surface area contributed by atoms with Gasteiger partial charge in [-0.05, 0) is 37.0 Å². The lowest BCUT2D eigenvalue weighted by molar-refractivity contribution is -0.384. The number of nitrogens with zero attached hydrogens (tertiary/aromatic N) is 4. The summed E-state index contributed by atoms with van der Waals surface area (Å²) >= 11 is 0. The summed E-state index contributed by atoms with van der Waals surface area (Å²) in [6.45, 7) is 3.12. The number of alkyl carbamates (subject to hydrolysis) is 1. The Bertz CT molecular complexity index is 849. The maximum Gasteiger partial charge on any atom is 0.407 e. The number of amides is 4.